The van der Waals surface area contributed by atoms with Gasteiger partial charge in [-0.15, -0.1) is 0 Å². The highest BCUT2D eigenvalue weighted by Crippen LogP contribution is 2.15. The van der Waals surface area contributed by atoms with Crippen LogP contribution >= 0.6 is 11.8 Å². The highest BCUT2D eigenvalue weighted by atomic mass is 32.2. The standard InChI is InChI=1S/C10H20N2OS/c1-8(6-13-3)4-11-10-12-5-9(2)7-14-10/h8-9H,4-7H2,1-3H3,(H,11,12). The number of aliphatic imine (C=N–C) groups is 1. The highest BCUT2D eigenvalue weighted by Gasteiger charge is 2.12. The molecule has 0 amide bonds. The molecule has 0 aromatic carbocycles. The summed E-state index contributed by atoms with van der Waals surface area (Å²) in [6.07, 6.45) is 0. The second-order valence-electron chi connectivity index (χ2n) is 4.00. The first-order valence-corrected chi connectivity index (χ1v) is 6.11. The van der Waals surface area contributed by atoms with E-state index in [1.807, 2.05) is 11.8 Å². The van der Waals surface area contributed by atoms with Crippen LogP contribution in [-0.4, -0.2) is 37.7 Å². The Morgan fingerprint density at radius 3 is 3.07 bits per heavy atom. The topological polar surface area (TPSA) is 33.6 Å². The van der Waals surface area contributed by atoms with Gasteiger partial charge in [0.05, 0.1) is 6.61 Å². The molecule has 0 aromatic heterocycles. The second-order valence-corrected chi connectivity index (χ2v) is 5.01. The minimum atomic E-state index is 0.544. The zero-order valence-electron chi connectivity index (χ0n) is 9.25. The predicted molar refractivity (Wildman–Crippen MR) is 63.0 cm³/mol. The fourth-order valence-corrected chi connectivity index (χ4v) is 2.17. The molecule has 1 rings (SSSR count). The molecule has 0 saturated heterocycles. The van der Waals surface area contributed by atoms with Gasteiger partial charge in [0, 0.05) is 26.0 Å². The summed E-state index contributed by atoms with van der Waals surface area (Å²) < 4.78 is 5.07. The van der Waals surface area contributed by atoms with Crippen molar-refractivity contribution in [2.75, 3.05) is 32.6 Å². The van der Waals surface area contributed by atoms with Crippen molar-refractivity contribution in [2.45, 2.75) is 13.8 Å². The maximum atomic E-state index is 5.07. The summed E-state index contributed by atoms with van der Waals surface area (Å²) in [4.78, 5) is 4.47. The van der Waals surface area contributed by atoms with Crippen molar-refractivity contribution >= 4 is 16.9 Å². The molecule has 0 spiro atoms. The van der Waals surface area contributed by atoms with Crippen LogP contribution in [0.4, 0.5) is 0 Å². The minimum absolute atomic E-state index is 0.544. The molecule has 1 aliphatic rings. The van der Waals surface area contributed by atoms with Crippen molar-refractivity contribution in [3.05, 3.63) is 0 Å². The molecule has 0 saturated carbocycles. The smallest absolute Gasteiger partial charge is 0.156 e. The number of hydrogen-bond acceptors (Lipinski definition) is 4. The molecule has 3 nitrogen and oxygen atoms in total. The van der Waals surface area contributed by atoms with Gasteiger partial charge in [-0.05, 0) is 11.8 Å². The Labute approximate surface area is 90.7 Å². The lowest BCUT2D eigenvalue weighted by Crippen LogP contribution is -2.31. The van der Waals surface area contributed by atoms with Gasteiger partial charge in [-0.1, -0.05) is 25.6 Å². The summed E-state index contributed by atoms with van der Waals surface area (Å²) in [6.45, 7) is 7.14. The van der Waals surface area contributed by atoms with E-state index in [1.54, 1.807) is 7.11 Å². The Morgan fingerprint density at radius 1 is 1.71 bits per heavy atom. The van der Waals surface area contributed by atoms with Gasteiger partial charge in [0.25, 0.3) is 0 Å². The predicted octanol–water partition coefficient (Wildman–Crippen LogP) is 1.60. The summed E-state index contributed by atoms with van der Waals surface area (Å²) in [5.74, 6) is 2.45. The van der Waals surface area contributed by atoms with E-state index in [9.17, 15) is 0 Å². The van der Waals surface area contributed by atoms with E-state index in [1.165, 1.54) is 5.75 Å². The van der Waals surface area contributed by atoms with E-state index in [0.717, 1.165) is 30.8 Å². The van der Waals surface area contributed by atoms with Crippen LogP contribution in [0.3, 0.4) is 0 Å². The normalized spacial score (nSPS) is 24.2. The van der Waals surface area contributed by atoms with Gasteiger partial charge in [0.1, 0.15) is 0 Å². The lowest BCUT2D eigenvalue weighted by molar-refractivity contribution is 0.161. The van der Waals surface area contributed by atoms with Crippen LogP contribution in [0, 0.1) is 11.8 Å². The molecule has 4 heteroatoms. The third-order valence-electron chi connectivity index (χ3n) is 2.10. The van der Waals surface area contributed by atoms with Gasteiger partial charge in [-0.25, -0.2) is 0 Å². The fraction of sp³-hybridized carbons (Fsp3) is 0.900. The van der Waals surface area contributed by atoms with Crippen molar-refractivity contribution < 1.29 is 4.74 Å². The lowest BCUT2D eigenvalue weighted by atomic mass is 10.2. The number of methoxy groups -OCH3 is 1. The van der Waals surface area contributed by atoms with E-state index in [-0.39, 0.29) is 0 Å². The van der Waals surface area contributed by atoms with E-state index >= 15 is 0 Å². The fourth-order valence-electron chi connectivity index (χ4n) is 1.27. The molecule has 1 N–H and O–H groups in total. The van der Waals surface area contributed by atoms with Crippen LogP contribution in [0.2, 0.25) is 0 Å². The Morgan fingerprint density at radius 2 is 2.50 bits per heavy atom. The Bertz CT molecular complexity index is 197. The van der Waals surface area contributed by atoms with Crippen LogP contribution in [0.15, 0.2) is 4.99 Å². The summed E-state index contributed by atoms with van der Waals surface area (Å²) in [7, 11) is 1.74. The molecule has 0 bridgehead atoms. The maximum absolute atomic E-state index is 5.07. The number of nitrogens with one attached hydrogen (secondary N) is 1. The molecule has 2 atom stereocenters. The molecule has 1 aliphatic heterocycles. The molecule has 2 unspecified atom stereocenters. The van der Waals surface area contributed by atoms with Crippen molar-refractivity contribution in [3.63, 3.8) is 0 Å². The quantitative estimate of drug-likeness (QED) is 0.775. The third kappa shape index (κ3) is 4.33. The zero-order valence-corrected chi connectivity index (χ0v) is 10.1. The summed E-state index contributed by atoms with van der Waals surface area (Å²) in [5, 5.41) is 4.46. The molecule has 0 radical (unpaired) electrons. The van der Waals surface area contributed by atoms with E-state index in [4.69, 9.17) is 4.74 Å². The summed E-state index contributed by atoms with van der Waals surface area (Å²) >= 11 is 1.83. The van der Waals surface area contributed by atoms with Gasteiger partial charge >= 0.3 is 0 Å². The van der Waals surface area contributed by atoms with Crippen molar-refractivity contribution in [2.24, 2.45) is 16.8 Å². The Kier molecular flexibility index (Phi) is 5.33. The molecule has 0 aromatic rings. The molecule has 1 heterocycles. The van der Waals surface area contributed by atoms with Gasteiger partial charge in [0.2, 0.25) is 0 Å². The average Bonchev–Trinajstić information content (AvgIpc) is 2.17. The molecule has 0 aliphatic carbocycles. The molecule has 0 fully saturated rings. The Hall–Kier alpha value is -0.220. The largest absolute Gasteiger partial charge is 0.384 e. The summed E-state index contributed by atoms with van der Waals surface area (Å²) in [6, 6.07) is 0. The van der Waals surface area contributed by atoms with Crippen molar-refractivity contribution in [1.29, 1.82) is 0 Å². The number of nitrogens with zero attached hydrogens (tertiary/aromatic N) is 1. The number of ether oxygens (including phenoxy) is 1. The van der Waals surface area contributed by atoms with Crippen LogP contribution in [0.1, 0.15) is 13.8 Å². The molecular formula is C10H20N2OS. The molecular weight excluding hydrogens is 196 g/mol. The number of rotatable bonds is 4. The summed E-state index contributed by atoms with van der Waals surface area (Å²) in [5.41, 5.74) is 0. The van der Waals surface area contributed by atoms with Gasteiger partial charge in [-0.3, -0.25) is 4.99 Å². The number of amidine groups is 1. The van der Waals surface area contributed by atoms with Crippen molar-refractivity contribution in [1.82, 2.24) is 5.32 Å². The number of hydrogen-bond donors (Lipinski definition) is 1. The van der Waals surface area contributed by atoms with Crippen molar-refractivity contribution in [3.8, 4) is 0 Å². The molecule has 82 valence electrons. The average molecular weight is 216 g/mol. The number of thioether (sulfide) groups is 1. The van der Waals surface area contributed by atoms with Crippen LogP contribution in [0.5, 0.6) is 0 Å². The van der Waals surface area contributed by atoms with Gasteiger partial charge < -0.3 is 10.1 Å². The van der Waals surface area contributed by atoms with E-state index < -0.39 is 0 Å². The lowest BCUT2D eigenvalue weighted by Gasteiger charge is -2.19. The minimum Gasteiger partial charge on any atom is -0.384 e. The van der Waals surface area contributed by atoms with Gasteiger partial charge in [0.15, 0.2) is 5.17 Å². The maximum Gasteiger partial charge on any atom is 0.156 e. The zero-order chi connectivity index (χ0) is 10.4. The first kappa shape index (κ1) is 11.9. The first-order valence-electron chi connectivity index (χ1n) is 5.12. The van der Waals surface area contributed by atoms with E-state index in [2.05, 4.69) is 24.2 Å². The Balaban J connectivity index is 2.18. The monoisotopic (exact) mass is 216 g/mol. The highest BCUT2D eigenvalue weighted by molar-refractivity contribution is 8.13. The van der Waals surface area contributed by atoms with Crippen LogP contribution < -0.4 is 5.32 Å². The molecule has 14 heavy (non-hydrogen) atoms. The SMILES string of the molecule is COCC(C)CNC1=NCC(C)CS1. The van der Waals surface area contributed by atoms with Gasteiger partial charge in [-0.2, -0.15) is 0 Å². The third-order valence-corrected chi connectivity index (χ3v) is 3.39. The van der Waals surface area contributed by atoms with Crippen LogP contribution in [-0.2, 0) is 4.74 Å². The van der Waals surface area contributed by atoms with Crippen LogP contribution in [0.25, 0.3) is 0 Å². The van der Waals surface area contributed by atoms with E-state index in [0.29, 0.717) is 5.92 Å². The second kappa shape index (κ2) is 6.30. The first-order chi connectivity index (χ1) is 6.72.